The summed E-state index contributed by atoms with van der Waals surface area (Å²) in [4.78, 5) is 14.1. The standard InChI is InChI=1S/C15H21NO3/c1-11(18)15-13(4-3-5-14(15)19-2)16-8-6-12(10-16)7-9-17/h3-5,12,17H,6-10H2,1-2H3. The molecule has 1 heterocycles. The normalized spacial score (nSPS) is 18.7. The predicted molar refractivity (Wildman–Crippen MR) is 75.0 cm³/mol. The average molecular weight is 263 g/mol. The molecule has 0 bridgehead atoms. The van der Waals surface area contributed by atoms with Gasteiger partial charge in [-0.3, -0.25) is 4.79 Å². The molecule has 1 saturated heterocycles. The molecule has 1 aromatic carbocycles. The summed E-state index contributed by atoms with van der Waals surface area (Å²) in [5.41, 5.74) is 1.61. The van der Waals surface area contributed by atoms with Gasteiger partial charge in [-0.1, -0.05) is 6.07 Å². The van der Waals surface area contributed by atoms with Crippen LogP contribution in [0.5, 0.6) is 5.75 Å². The van der Waals surface area contributed by atoms with E-state index >= 15 is 0 Å². The molecule has 1 aliphatic rings. The summed E-state index contributed by atoms with van der Waals surface area (Å²) >= 11 is 0. The summed E-state index contributed by atoms with van der Waals surface area (Å²) in [5.74, 6) is 1.17. The maximum Gasteiger partial charge on any atom is 0.165 e. The zero-order valence-corrected chi connectivity index (χ0v) is 11.6. The number of aliphatic hydroxyl groups excluding tert-OH is 1. The molecule has 104 valence electrons. The molecule has 2 rings (SSSR count). The van der Waals surface area contributed by atoms with Gasteiger partial charge >= 0.3 is 0 Å². The number of rotatable bonds is 5. The number of anilines is 1. The van der Waals surface area contributed by atoms with Crippen LogP contribution < -0.4 is 9.64 Å². The van der Waals surface area contributed by atoms with E-state index in [0.29, 0.717) is 17.2 Å². The maximum absolute atomic E-state index is 11.9. The minimum atomic E-state index is 0.0260. The fourth-order valence-electron chi connectivity index (χ4n) is 2.78. The molecule has 0 aliphatic carbocycles. The number of carbonyl (C=O) groups is 1. The highest BCUT2D eigenvalue weighted by molar-refractivity contribution is 6.02. The SMILES string of the molecule is COc1cccc(N2CCC(CCO)C2)c1C(C)=O. The van der Waals surface area contributed by atoms with Crippen molar-refractivity contribution in [3.8, 4) is 5.75 Å². The van der Waals surface area contributed by atoms with E-state index in [4.69, 9.17) is 9.84 Å². The van der Waals surface area contributed by atoms with Gasteiger partial charge in [-0.25, -0.2) is 0 Å². The number of ketones is 1. The van der Waals surface area contributed by atoms with E-state index in [1.54, 1.807) is 14.0 Å². The lowest BCUT2D eigenvalue weighted by Crippen LogP contribution is -2.22. The Morgan fingerprint density at radius 2 is 2.32 bits per heavy atom. The van der Waals surface area contributed by atoms with Crippen LogP contribution in [0, 0.1) is 5.92 Å². The van der Waals surface area contributed by atoms with Crippen LogP contribution in [0.4, 0.5) is 5.69 Å². The molecular weight excluding hydrogens is 242 g/mol. The average Bonchev–Trinajstić information content (AvgIpc) is 2.86. The fraction of sp³-hybridized carbons (Fsp3) is 0.533. The number of carbonyl (C=O) groups excluding carboxylic acids is 1. The molecule has 1 atom stereocenters. The number of aliphatic hydroxyl groups is 1. The number of methoxy groups -OCH3 is 1. The van der Waals surface area contributed by atoms with Gasteiger partial charge in [0, 0.05) is 19.7 Å². The van der Waals surface area contributed by atoms with E-state index in [1.165, 1.54) is 0 Å². The molecule has 19 heavy (non-hydrogen) atoms. The highest BCUT2D eigenvalue weighted by Gasteiger charge is 2.26. The Morgan fingerprint density at radius 3 is 2.95 bits per heavy atom. The number of hydrogen-bond donors (Lipinski definition) is 1. The van der Waals surface area contributed by atoms with Gasteiger partial charge in [-0.05, 0) is 37.8 Å². The van der Waals surface area contributed by atoms with Crippen LogP contribution in [0.1, 0.15) is 30.1 Å². The molecule has 4 nitrogen and oxygen atoms in total. The summed E-state index contributed by atoms with van der Waals surface area (Å²) in [6.45, 7) is 3.63. The first-order chi connectivity index (χ1) is 9.17. The lowest BCUT2D eigenvalue weighted by molar-refractivity contribution is 0.101. The van der Waals surface area contributed by atoms with Crippen LogP contribution in [0.2, 0.25) is 0 Å². The molecule has 0 aromatic heterocycles. The summed E-state index contributed by atoms with van der Waals surface area (Å²) in [7, 11) is 1.59. The summed E-state index contributed by atoms with van der Waals surface area (Å²) < 4.78 is 5.29. The second-order valence-corrected chi connectivity index (χ2v) is 5.02. The highest BCUT2D eigenvalue weighted by Crippen LogP contribution is 2.33. The Labute approximate surface area is 114 Å². The van der Waals surface area contributed by atoms with Crippen LogP contribution >= 0.6 is 0 Å². The van der Waals surface area contributed by atoms with Crippen molar-refractivity contribution in [2.24, 2.45) is 5.92 Å². The molecule has 1 fully saturated rings. The minimum Gasteiger partial charge on any atom is -0.496 e. The number of Topliss-reactive ketones (excluding diaryl/α,β-unsaturated/α-hetero) is 1. The van der Waals surface area contributed by atoms with Gasteiger partial charge in [0.15, 0.2) is 5.78 Å². The Balaban J connectivity index is 2.28. The third kappa shape index (κ3) is 2.89. The van der Waals surface area contributed by atoms with Crippen molar-refractivity contribution in [2.45, 2.75) is 19.8 Å². The Kier molecular flexibility index (Phi) is 4.43. The number of ether oxygens (including phenoxy) is 1. The van der Waals surface area contributed by atoms with Gasteiger partial charge in [0.25, 0.3) is 0 Å². The number of benzene rings is 1. The quantitative estimate of drug-likeness (QED) is 0.827. The molecule has 0 saturated carbocycles. The second kappa shape index (κ2) is 6.06. The third-order valence-electron chi connectivity index (χ3n) is 3.74. The van der Waals surface area contributed by atoms with Crippen molar-refractivity contribution in [3.05, 3.63) is 23.8 Å². The van der Waals surface area contributed by atoms with Gasteiger partial charge < -0.3 is 14.7 Å². The Bertz CT molecular complexity index is 459. The van der Waals surface area contributed by atoms with E-state index in [9.17, 15) is 4.79 Å². The first-order valence-corrected chi connectivity index (χ1v) is 6.71. The number of nitrogens with zero attached hydrogens (tertiary/aromatic N) is 1. The zero-order valence-electron chi connectivity index (χ0n) is 11.6. The van der Waals surface area contributed by atoms with E-state index in [0.717, 1.165) is 31.6 Å². The lowest BCUT2D eigenvalue weighted by Gasteiger charge is -2.22. The Morgan fingerprint density at radius 1 is 1.53 bits per heavy atom. The molecule has 0 amide bonds. The highest BCUT2D eigenvalue weighted by atomic mass is 16.5. The lowest BCUT2D eigenvalue weighted by atomic mass is 10.1. The van der Waals surface area contributed by atoms with Gasteiger partial charge in [0.1, 0.15) is 5.75 Å². The summed E-state index contributed by atoms with van der Waals surface area (Å²) in [6, 6.07) is 5.71. The van der Waals surface area contributed by atoms with E-state index in [1.807, 2.05) is 18.2 Å². The molecule has 0 spiro atoms. The van der Waals surface area contributed by atoms with E-state index < -0.39 is 0 Å². The number of hydrogen-bond acceptors (Lipinski definition) is 4. The maximum atomic E-state index is 11.9. The summed E-state index contributed by atoms with van der Waals surface area (Å²) in [5, 5.41) is 9.02. The molecule has 1 aromatic rings. The van der Waals surface area contributed by atoms with Crippen molar-refractivity contribution in [3.63, 3.8) is 0 Å². The van der Waals surface area contributed by atoms with Crippen molar-refractivity contribution in [1.29, 1.82) is 0 Å². The molecule has 1 unspecified atom stereocenters. The fourth-order valence-corrected chi connectivity index (χ4v) is 2.78. The second-order valence-electron chi connectivity index (χ2n) is 5.02. The first-order valence-electron chi connectivity index (χ1n) is 6.71. The molecule has 1 N–H and O–H groups in total. The smallest absolute Gasteiger partial charge is 0.165 e. The molecule has 1 aliphatic heterocycles. The zero-order chi connectivity index (χ0) is 13.8. The van der Waals surface area contributed by atoms with Crippen molar-refractivity contribution in [2.75, 3.05) is 31.7 Å². The van der Waals surface area contributed by atoms with Gasteiger partial charge in [0.05, 0.1) is 18.4 Å². The Hall–Kier alpha value is -1.55. The molecule has 4 heteroatoms. The van der Waals surface area contributed by atoms with Crippen LogP contribution in [-0.4, -0.2) is 37.7 Å². The van der Waals surface area contributed by atoms with Crippen molar-refractivity contribution >= 4 is 11.5 Å². The largest absolute Gasteiger partial charge is 0.496 e. The van der Waals surface area contributed by atoms with Gasteiger partial charge in [-0.15, -0.1) is 0 Å². The summed E-state index contributed by atoms with van der Waals surface area (Å²) in [6.07, 6.45) is 1.89. The van der Waals surface area contributed by atoms with Crippen LogP contribution in [0.15, 0.2) is 18.2 Å². The van der Waals surface area contributed by atoms with Gasteiger partial charge in [0.2, 0.25) is 0 Å². The van der Waals surface area contributed by atoms with Crippen molar-refractivity contribution < 1.29 is 14.6 Å². The van der Waals surface area contributed by atoms with E-state index in [2.05, 4.69) is 4.90 Å². The monoisotopic (exact) mass is 263 g/mol. The molecule has 0 radical (unpaired) electrons. The third-order valence-corrected chi connectivity index (χ3v) is 3.74. The predicted octanol–water partition coefficient (Wildman–Crippen LogP) is 2.11. The van der Waals surface area contributed by atoms with E-state index in [-0.39, 0.29) is 12.4 Å². The van der Waals surface area contributed by atoms with Gasteiger partial charge in [-0.2, -0.15) is 0 Å². The minimum absolute atomic E-state index is 0.0260. The van der Waals surface area contributed by atoms with Crippen molar-refractivity contribution in [1.82, 2.24) is 0 Å². The van der Waals surface area contributed by atoms with Crippen LogP contribution in [0.3, 0.4) is 0 Å². The topological polar surface area (TPSA) is 49.8 Å². The molecular formula is C15H21NO3. The van der Waals surface area contributed by atoms with Crippen LogP contribution in [0.25, 0.3) is 0 Å². The van der Waals surface area contributed by atoms with Crippen LogP contribution in [-0.2, 0) is 0 Å². The first kappa shape index (κ1) is 13.9.